The number of hydrogen-bond donors (Lipinski definition) is 0. The van der Waals surface area contributed by atoms with Crippen molar-refractivity contribution in [3.05, 3.63) is 60.7 Å². The molecule has 0 spiro atoms. The van der Waals surface area contributed by atoms with E-state index < -0.39 is 7.92 Å². The number of hydrogen-bond acceptors (Lipinski definition) is 2. The van der Waals surface area contributed by atoms with Crippen molar-refractivity contribution in [1.82, 2.24) is 0 Å². The molecule has 7 rings (SSSR count). The van der Waals surface area contributed by atoms with Crippen LogP contribution in [0.15, 0.2) is 65.7 Å². The van der Waals surface area contributed by atoms with Gasteiger partial charge in [-0.3, -0.25) is 0 Å². The van der Waals surface area contributed by atoms with Crippen molar-refractivity contribution >= 4 is 24.4 Å². The third-order valence-corrected chi connectivity index (χ3v) is 10.4. The summed E-state index contributed by atoms with van der Waals surface area (Å²) in [5.74, 6) is 3.98. The van der Waals surface area contributed by atoms with Gasteiger partial charge in [-0.05, 0) is 74.8 Å². The molecule has 0 aromatic heterocycles. The van der Waals surface area contributed by atoms with Gasteiger partial charge in [-0.15, -0.1) is 0 Å². The van der Waals surface area contributed by atoms with Crippen molar-refractivity contribution in [2.24, 2.45) is 28.2 Å². The molecule has 5 aliphatic rings. The molecule has 2 nitrogen and oxygen atoms in total. The van der Waals surface area contributed by atoms with Crippen LogP contribution in [0.25, 0.3) is 0 Å². The van der Waals surface area contributed by atoms with E-state index in [9.17, 15) is 0 Å². The third kappa shape index (κ3) is 3.34. The first-order valence-electron chi connectivity index (χ1n) is 11.4. The molecule has 0 saturated heterocycles. The Morgan fingerprint density at radius 2 is 1.31 bits per heavy atom. The van der Waals surface area contributed by atoms with E-state index in [1.54, 1.807) is 0 Å². The summed E-state index contributed by atoms with van der Waals surface area (Å²) in [5.41, 5.74) is 0.297. The highest BCUT2D eigenvalue weighted by atomic mass is 31.1. The summed E-state index contributed by atoms with van der Waals surface area (Å²) in [6.45, 7) is 0.787. The molecule has 4 aliphatic carbocycles. The molecule has 1 heterocycles. The predicted octanol–water partition coefficient (Wildman–Crippen LogP) is 5.13. The zero-order valence-electron chi connectivity index (χ0n) is 17.0. The largest absolute Gasteiger partial charge is 0.478 e. The minimum absolute atomic E-state index is 0.297. The van der Waals surface area contributed by atoms with Crippen LogP contribution in [0, 0.1) is 23.2 Å². The Morgan fingerprint density at radius 1 is 0.793 bits per heavy atom. The van der Waals surface area contributed by atoms with Gasteiger partial charge in [-0.2, -0.15) is 0 Å². The second-order valence-corrected chi connectivity index (χ2v) is 12.1. The summed E-state index contributed by atoms with van der Waals surface area (Å²) in [5, 5.41) is 2.90. The fourth-order valence-corrected chi connectivity index (χ4v) is 9.35. The summed E-state index contributed by atoms with van der Waals surface area (Å²) in [4.78, 5) is 5.28. The topological polar surface area (TPSA) is 21.6 Å². The first-order chi connectivity index (χ1) is 14.3. The Hall–Kier alpha value is -1.66. The van der Waals surface area contributed by atoms with E-state index in [1.807, 2.05) is 0 Å². The van der Waals surface area contributed by atoms with Crippen molar-refractivity contribution in [1.29, 1.82) is 0 Å². The van der Waals surface area contributed by atoms with Gasteiger partial charge in [-0.25, -0.2) is 4.99 Å². The SMILES string of the molecule is c1ccc(P(C[C@@H]2COC(C34CC5CC(CC(C5)C3)C4)=N2)c2ccccc2)cc1. The van der Waals surface area contributed by atoms with Gasteiger partial charge in [0.25, 0.3) is 0 Å². The summed E-state index contributed by atoms with van der Waals surface area (Å²) >= 11 is 0. The minimum atomic E-state index is -0.401. The molecule has 2 aromatic carbocycles. The average Bonchev–Trinajstić information content (AvgIpc) is 3.22. The lowest BCUT2D eigenvalue weighted by molar-refractivity contribution is -0.0226. The second kappa shape index (κ2) is 7.24. The van der Waals surface area contributed by atoms with Crippen molar-refractivity contribution in [2.45, 2.75) is 44.6 Å². The maximum absolute atomic E-state index is 6.38. The molecule has 0 amide bonds. The maximum Gasteiger partial charge on any atom is 0.190 e. The molecule has 2 aromatic rings. The highest BCUT2D eigenvalue weighted by molar-refractivity contribution is 7.73. The predicted molar refractivity (Wildman–Crippen MR) is 122 cm³/mol. The molecule has 4 bridgehead atoms. The van der Waals surface area contributed by atoms with Crippen molar-refractivity contribution in [3.8, 4) is 0 Å². The van der Waals surface area contributed by atoms with E-state index in [4.69, 9.17) is 9.73 Å². The van der Waals surface area contributed by atoms with Crippen LogP contribution in [0.1, 0.15) is 38.5 Å². The van der Waals surface area contributed by atoms with Gasteiger partial charge in [0.15, 0.2) is 5.90 Å². The first-order valence-corrected chi connectivity index (χ1v) is 12.9. The number of rotatable bonds is 5. The fourth-order valence-electron chi connectivity index (χ4n) is 6.96. The average molecular weight is 404 g/mol. The molecule has 1 atom stereocenters. The lowest BCUT2D eigenvalue weighted by Crippen LogP contribution is -2.50. The normalized spacial score (nSPS) is 35.0. The lowest BCUT2D eigenvalue weighted by Gasteiger charge is -2.56. The van der Waals surface area contributed by atoms with E-state index in [-0.39, 0.29) is 0 Å². The van der Waals surface area contributed by atoms with Crippen LogP contribution in [0.4, 0.5) is 0 Å². The van der Waals surface area contributed by atoms with Gasteiger partial charge in [0.05, 0.1) is 6.04 Å². The maximum atomic E-state index is 6.38. The van der Waals surface area contributed by atoms with E-state index >= 15 is 0 Å². The summed E-state index contributed by atoms with van der Waals surface area (Å²) in [6.07, 6.45) is 9.55. The molecule has 4 saturated carbocycles. The van der Waals surface area contributed by atoms with Crippen LogP contribution in [-0.2, 0) is 4.74 Å². The van der Waals surface area contributed by atoms with Crippen LogP contribution in [0.5, 0.6) is 0 Å². The smallest absolute Gasteiger partial charge is 0.190 e. The Kier molecular flexibility index (Phi) is 4.53. The lowest BCUT2D eigenvalue weighted by atomic mass is 9.49. The molecular formula is C26H30NOP. The second-order valence-electron chi connectivity index (χ2n) is 9.88. The Labute approximate surface area is 175 Å². The Balaban J connectivity index is 1.26. The molecule has 4 fully saturated rings. The molecule has 0 unspecified atom stereocenters. The summed E-state index contributed by atoms with van der Waals surface area (Å²) in [7, 11) is -0.401. The number of benzene rings is 2. The van der Waals surface area contributed by atoms with Crippen LogP contribution < -0.4 is 10.6 Å². The molecular weight excluding hydrogens is 373 g/mol. The van der Waals surface area contributed by atoms with Crippen LogP contribution >= 0.6 is 7.92 Å². The fraction of sp³-hybridized carbons (Fsp3) is 0.500. The van der Waals surface area contributed by atoms with Gasteiger partial charge in [0.2, 0.25) is 0 Å². The van der Waals surface area contributed by atoms with Gasteiger partial charge < -0.3 is 4.74 Å². The summed E-state index contributed by atoms with van der Waals surface area (Å²) in [6, 6.07) is 22.4. The quantitative estimate of drug-likeness (QED) is 0.634. The standard InChI is InChI=1S/C26H30NOP/c1-3-7-23(8-4-1)29(24-9-5-2-6-10-24)18-22-17-28-25(27-22)26-14-19-11-20(15-26)13-21(12-19)16-26/h1-10,19-22H,11-18H2/t19?,20?,21?,22-,26?/m0/s1. The van der Waals surface area contributed by atoms with Gasteiger partial charge in [0, 0.05) is 11.6 Å². The van der Waals surface area contributed by atoms with Crippen molar-refractivity contribution in [2.75, 3.05) is 12.8 Å². The minimum Gasteiger partial charge on any atom is -0.478 e. The molecule has 1 aliphatic heterocycles. The molecule has 150 valence electrons. The molecule has 3 heteroatoms. The Bertz CT molecular complexity index is 819. The van der Waals surface area contributed by atoms with Crippen LogP contribution in [0.2, 0.25) is 0 Å². The van der Waals surface area contributed by atoms with Crippen molar-refractivity contribution < 1.29 is 4.74 Å². The van der Waals surface area contributed by atoms with Crippen LogP contribution in [0.3, 0.4) is 0 Å². The van der Waals surface area contributed by atoms with Gasteiger partial charge in [-0.1, -0.05) is 60.7 Å². The van der Waals surface area contributed by atoms with Gasteiger partial charge in [0.1, 0.15) is 6.61 Å². The van der Waals surface area contributed by atoms with E-state index in [1.165, 1.54) is 49.1 Å². The number of nitrogens with zero attached hydrogens (tertiary/aromatic N) is 1. The van der Waals surface area contributed by atoms with Crippen LogP contribution in [-0.4, -0.2) is 24.7 Å². The highest BCUT2D eigenvalue weighted by Crippen LogP contribution is 2.61. The van der Waals surface area contributed by atoms with Crippen molar-refractivity contribution in [3.63, 3.8) is 0 Å². The van der Waals surface area contributed by atoms with E-state index in [0.717, 1.165) is 36.4 Å². The molecule has 0 N–H and O–H groups in total. The van der Waals surface area contributed by atoms with E-state index in [0.29, 0.717) is 11.5 Å². The zero-order valence-corrected chi connectivity index (χ0v) is 17.9. The van der Waals surface area contributed by atoms with Gasteiger partial charge >= 0.3 is 0 Å². The highest BCUT2D eigenvalue weighted by Gasteiger charge is 2.55. The number of ether oxygens (including phenoxy) is 1. The first kappa shape index (κ1) is 18.1. The van der Waals surface area contributed by atoms with E-state index in [2.05, 4.69) is 60.7 Å². The Morgan fingerprint density at radius 3 is 1.83 bits per heavy atom. The summed E-state index contributed by atoms with van der Waals surface area (Å²) < 4.78 is 6.38. The third-order valence-electron chi connectivity index (χ3n) is 7.73. The molecule has 29 heavy (non-hydrogen) atoms. The monoisotopic (exact) mass is 403 g/mol. The number of aliphatic imine (C=N–C) groups is 1. The molecule has 0 radical (unpaired) electrons. The zero-order chi connectivity index (χ0) is 19.3.